The number of anilines is 1. The zero-order valence-corrected chi connectivity index (χ0v) is 15.8. The van der Waals surface area contributed by atoms with Gasteiger partial charge < -0.3 is 5.32 Å². The quantitative estimate of drug-likeness (QED) is 0.589. The van der Waals surface area contributed by atoms with Crippen LogP contribution in [-0.4, -0.2) is 10.9 Å². The summed E-state index contributed by atoms with van der Waals surface area (Å²) in [5, 5.41) is 13.8. The minimum Gasteiger partial charge on any atom is -0.316 e. The van der Waals surface area contributed by atoms with E-state index >= 15 is 0 Å². The first kappa shape index (κ1) is 18.1. The second-order valence-corrected chi connectivity index (χ2v) is 7.48. The molecule has 1 N–H and O–H groups in total. The number of thiazole rings is 1. The Morgan fingerprint density at radius 1 is 1.35 bits per heavy atom. The summed E-state index contributed by atoms with van der Waals surface area (Å²) in [5.74, 6) is 0.221. The van der Waals surface area contributed by atoms with Crippen molar-refractivity contribution in [1.82, 2.24) is 4.98 Å². The van der Waals surface area contributed by atoms with E-state index in [-0.39, 0.29) is 5.91 Å². The highest BCUT2D eigenvalue weighted by molar-refractivity contribution is 7.17. The van der Waals surface area contributed by atoms with Gasteiger partial charge in [0.05, 0.1) is 5.57 Å². The van der Waals surface area contributed by atoms with E-state index in [1.807, 2.05) is 37.3 Å². The topological polar surface area (TPSA) is 65.8 Å². The van der Waals surface area contributed by atoms with E-state index in [0.717, 1.165) is 30.4 Å². The van der Waals surface area contributed by atoms with Crippen molar-refractivity contribution in [3.63, 3.8) is 0 Å². The standard InChI is InChI=1S/C21H21N3OS/c1-14-8-10-17(11-9-14)19-21(23-15(2)25)26-20(24-19)18(13-22)12-16-6-4-3-5-7-16/h3-4,8-12,16H,5-7H2,1-2H3,(H,23,25)/b18-12+. The summed E-state index contributed by atoms with van der Waals surface area (Å²) < 4.78 is 0. The molecule has 1 unspecified atom stereocenters. The molecule has 3 rings (SSSR count). The fraction of sp³-hybridized carbons (Fsp3) is 0.286. The van der Waals surface area contributed by atoms with Gasteiger partial charge in [0.2, 0.25) is 5.91 Å². The number of hydrogen-bond acceptors (Lipinski definition) is 4. The molecule has 1 atom stereocenters. The van der Waals surface area contributed by atoms with Crippen LogP contribution < -0.4 is 5.32 Å². The maximum Gasteiger partial charge on any atom is 0.221 e. The Morgan fingerprint density at radius 3 is 2.73 bits per heavy atom. The van der Waals surface area contributed by atoms with E-state index in [4.69, 9.17) is 4.98 Å². The van der Waals surface area contributed by atoms with E-state index in [9.17, 15) is 10.1 Å². The van der Waals surface area contributed by atoms with E-state index < -0.39 is 0 Å². The van der Waals surface area contributed by atoms with Gasteiger partial charge in [0, 0.05) is 12.5 Å². The van der Waals surface area contributed by atoms with E-state index in [2.05, 4.69) is 23.5 Å². The van der Waals surface area contributed by atoms with Gasteiger partial charge in [0.15, 0.2) is 0 Å². The lowest BCUT2D eigenvalue weighted by Crippen LogP contribution is -2.05. The highest BCUT2D eigenvalue weighted by Gasteiger charge is 2.18. The summed E-state index contributed by atoms with van der Waals surface area (Å²) >= 11 is 1.36. The molecule has 0 bridgehead atoms. The van der Waals surface area contributed by atoms with Gasteiger partial charge in [0.1, 0.15) is 21.8 Å². The SMILES string of the molecule is CC(=O)Nc1sc(/C(C#N)=C/C2CC=CCC2)nc1-c1ccc(C)cc1. The summed E-state index contributed by atoms with van der Waals surface area (Å²) in [4.78, 5) is 16.3. The molecule has 0 radical (unpaired) electrons. The van der Waals surface area contributed by atoms with Gasteiger partial charge >= 0.3 is 0 Å². The Morgan fingerprint density at radius 2 is 2.12 bits per heavy atom. The van der Waals surface area contributed by atoms with E-state index in [0.29, 0.717) is 27.2 Å². The maximum absolute atomic E-state index is 11.6. The molecule has 0 saturated heterocycles. The molecule has 0 aliphatic heterocycles. The van der Waals surface area contributed by atoms with Crippen LogP contribution in [0.1, 0.15) is 36.8 Å². The third-order valence-corrected chi connectivity index (χ3v) is 5.31. The van der Waals surface area contributed by atoms with Crippen molar-refractivity contribution in [2.24, 2.45) is 5.92 Å². The molecule has 132 valence electrons. The summed E-state index contributed by atoms with van der Waals surface area (Å²) in [6.07, 6.45) is 9.44. The summed E-state index contributed by atoms with van der Waals surface area (Å²) in [6, 6.07) is 10.3. The van der Waals surface area contributed by atoms with Crippen molar-refractivity contribution >= 4 is 27.8 Å². The van der Waals surface area contributed by atoms with Gasteiger partial charge in [-0.25, -0.2) is 4.98 Å². The van der Waals surface area contributed by atoms with Crippen LogP contribution in [0.5, 0.6) is 0 Å². The van der Waals surface area contributed by atoms with Crippen molar-refractivity contribution in [3.05, 3.63) is 53.1 Å². The first-order valence-corrected chi connectivity index (χ1v) is 9.51. The number of benzene rings is 1. The Kier molecular flexibility index (Phi) is 5.65. The molecule has 5 heteroatoms. The molecule has 0 fully saturated rings. The van der Waals surface area contributed by atoms with Crippen molar-refractivity contribution < 1.29 is 4.79 Å². The lowest BCUT2D eigenvalue weighted by atomic mass is 9.92. The molecule has 26 heavy (non-hydrogen) atoms. The molecule has 0 saturated carbocycles. The largest absolute Gasteiger partial charge is 0.316 e. The van der Waals surface area contributed by atoms with E-state index in [1.54, 1.807) is 0 Å². The third-order valence-electron chi connectivity index (χ3n) is 4.30. The summed E-state index contributed by atoms with van der Waals surface area (Å²) in [6.45, 7) is 3.51. The minimum atomic E-state index is -0.145. The van der Waals surface area contributed by atoms with Gasteiger partial charge in [-0.2, -0.15) is 5.26 Å². The van der Waals surface area contributed by atoms with Crippen LogP contribution in [0, 0.1) is 24.2 Å². The molecule has 0 spiro atoms. The number of amides is 1. The molecule has 1 aliphatic rings. The van der Waals surface area contributed by atoms with Crippen molar-refractivity contribution in [2.75, 3.05) is 5.32 Å². The van der Waals surface area contributed by atoms with Crippen LogP contribution in [0.4, 0.5) is 5.00 Å². The lowest BCUT2D eigenvalue weighted by Gasteiger charge is -2.13. The minimum absolute atomic E-state index is 0.145. The number of hydrogen-bond donors (Lipinski definition) is 1. The van der Waals surface area contributed by atoms with Crippen molar-refractivity contribution in [2.45, 2.75) is 33.1 Å². The Balaban J connectivity index is 2.00. The molecule has 2 aromatic rings. The third kappa shape index (κ3) is 4.27. The zero-order valence-electron chi connectivity index (χ0n) is 15.0. The number of carbonyl (C=O) groups excluding carboxylic acids is 1. The van der Waals surface area contributed by atoms with Crippen LogP contribution in [0.3, 0.4) is 0 Å². The van der Waals surface area contributed by atoms with Gasteiger partial charge in [-0.05, 0) is 32.1 Å². The molecule has 1 aromatic carbocycles. The predicted octanol–water partition coefficient (Wildman–Crippen LogP) is 5.34. The Bertz CT molecular complexity index is 900. The first-order chi connectivity index (χ1) is 12.6. The normalized spacial score (nSPS) is 17.0. The number of aryl methyl sites for hydroxylation is 1. The number of nitriles is 1. The van der Waals surface area contributed by atoms with Crippen LogP contribution in [0.2, 0.25) is 0 Å². The van der Waals surface area contributed by atoms with Crippen molar-refractivity contribution in [1.29, 1.82) is 5.26 Å². The van der Waals surface area contributed by atoms with Gasteiger partial charge in [0.25, 0.3) is 0 Å². The lowest BCUT2D eigenvalue weighted by molar-refractivity contribution is -0.114. The molecule has 1 aliphatic carbocycles. The fourth-order valence-corrected chi connectivity index (χ4v) is 3.96. The monoisotopic (exact) mass is 363 g/mol. The number of allylic oxidation sites excluding steroid dienone is 4. The fourth-order valence-electron chi connectivity index (χ4n) is 2.95. The summed E-state index contributed by atoms with van der Waals surface area (Å²) in [7, 11) is 0. The second-order valence-electron chi connectivity index (χ2n) is 6.48. The van der Waals surface area contributed by atoms with Crippen LogP contribution in [0.25, 0.3) is 16.8 Å². The summed E-state index contributed by atoms with van der Waals surface area (Å²) in [5.41, 5.74) is 3.39. The van der Waals surface area contributed by atoms with Gasteiger partial charge in [-0.1, -0.05) is 59.4 Å². The van der Waals surface area contributed by atoms with Crippen LogP contribution in [0.15, 0.2) is 42.5 Å². The number of nitrogens with one attached hydrogen (secondary N) is 1. The zero-order chi connectivity index (χ0) is 18.5. The average molecular weight is 363 g/mol. The highest BCUT2D eigenvalue weighted by atomic mass is 32.1. The molecule has 4 nitrogen and oxygen atoms in total. The average Bonchev–Trinajstić information content (AvgIpc) is 3.04. The molecule has 1 heterocycles. The number of aromatic nitrogens is 1. The smallest absolute Gasteiger partial charge is 0.221 e. The molecule has 1 aromatic heterocycles. The number of rotatable bonds is 4. The first-order valence-electron chi connectivity index (χ1n) is 8.69. The number of carbonyl (C=O) groups is 1. The van der Waals surface area contributed by atoms with Gasteiger partial charge in [-0.15, -0.1) is 0 Å². The highest BCUT2D eigenvalue weighted by Crippen LogP contribution is 2.37. The number of nitrogens with zero attached hydrogens (tertiary/aromatic N) is 2. The Labute approximate surface area is 157 Å². The molecular weight excluding hydrogens is 342 g/mol. The van der Waals surface area contributed by atoms with Crippen LogP contribution in [-0.2, 0) is 4.79 Å². The molecular formula is C21H21N3OS. The molecule has 1 amide bonds. The van der Waals surface area contributed by atoms with E-state index in [1.165, 1.54) is 18.3 Å². The van der Waals surface area contributed by atoms with Crippen molar-refractivity contribution in [3.8, 4) is 17.3 Å². The Hall–Kier alpha value is -2.71. The van der Waals surface area contributed by atoms with Gasteiger partial charge in [-0.3, -0.25) is 4.79 Å². The predicted molar refractivity (Wildman–Crippen MR) is 107 cm³/mol. The maximum atomic E-state index is 11.6. The van der Waals surface area contributed by atoms with Crippen LogP contribution >= 0.6 is 11.3 Å². The second kappa shape index (κ2) is 8.11.